The SMILES string of the molecule is O=C(c1cc(Cl)ccc1-c1ncccn1)N1C(CNc2ccc(C(F)(F)F)cn2)CCC2CC21. The van der Waals surface area contributed by atoms with Crippen molar-refractivity contribution in [3.63, 3.8) is 0 Å². The molecule has 2 aliphatic rings. The largest absolute Gasteiger partial charge is 0.417 e. The minimum Gasteiger partial charge on any atom is -0.368 e. The Balaban J connectivity index is 1.38. The fourth-order valence-electron chi connectivity index (χ4n) is 4.57. The van der Waals surface area contributed by atoms with Gasteiger partial charge in [0.25, 0.3) is 5.91 Å². The number of hydrogen-bond acceptors (Lipinski definition) is 5. The maximum absolute atomic E-state index is 13.8. The van der Waals surface area contributed by atoms with Crippen LogP contribution < -0.4 is 5.32 Å². The van der Waals surface area contributed by atoms with Crippen molar-refractivity contribution in [3.05, 3.63) is 71.1 Å². The van der Waals surface area contributed by atoms with Gasteiger partial charge in [-0.3, -0.25) is 4.79 Å². The second-order valence-electron chi connectivity index (χ2n) is 8.58. The van der Waals surface area contributed by atoms with Crippen LogP contribution in [0.2, 0.25) is 5.02 Å². The maximum Gasteiger partial charge on any atom is 0.417 e. The lowest BCUT2D eigenvalue weighted by Crippen LogP contribution is -2.48. The van der Waals surface area contributed by atoms with E-state index in [1.165, 1.54) is 6.07 Å². The zero-order valence-electron chi connectivity index (χ0n) is 18.0. The van der Waals surface area contributed by atoms with Crippen molar-refractivity contribution in [1.29, 1.82) is 0 Å². The number of carbonyl (C=O) groups excluding carboxylic acids is 1. The summed E-state index contributed by atoms with van der Waals surface area (Å²) < 4.78 is 38.4. The number of nitrogens with one attached hydrogen (secondary N) is 1. The van der Waals surface area contributed by atoms with E-state index in [2.05, 4.69) is 20.3 Å². The molecule has 1 aliphatic heterocycles. The lowest BCUT2D eigenvalue weighted by Gasteiger charge is -2.36. The number of aromatic nitrogens is 3. The molecule has 34 heavy (non-hydrogen) atoms. The average molecular weight is 488 g/mol. The van der Waals surface area contributed by atoms with Gasteiger partial charge in [0, 0.05) is 47.8 Å². The Bertz CT molecular complexity index is 1190. The number of halogens is 4. The monoisotopic (exact) mass is 487 g/mol. The van der Waals surface area contributed by atoms with Gasteiger partial charge in [-0.25, -0.2) is 15.0 Å². The minimum atomic E-state index is -4.43. The van der Waals surface area contributed by atoms with E-state index in [4.69, 9.17) is 11.6 Å². The summed E-state index contributed by atoms with van der Waals surface area (Å²) in [4.78, 5) is 28.2. The molecule has 3 heterocycles. The van der Waals surface area contributed by atoms with Crippen molar-refractivity contribution in [3.8, 4) is 11.4 Å². The third-order valence-corrected chi connectivity index (χ3v) is 6.60. The number of alkyl halides is 3. The number of nitrogens with zero attached hydrogens (tertiary/aromatic N) is 4. The van der Waals surface area contributed by atoms with E-state index >= 15 is 0 Å². The number of benzene rings is 1. The smallest absolute Gasteiger partial charge is 0.368 e. The predicted octanol–water partition coefficient (Wildman–Crippen LogP) is 5.32. The molecular formula is C24H21ClF3N5O. The van der Waals surface area contributed by atoms with Gasteiger partial charge in [-0.2, -0.15) is 13.2 Å². The van der Waals surface area contributed by atoms with Crippen molar-refractivity contribution in [2.24, 2.45) is 5.92 Å². The quantitative estimate of drug-likeness (QED) is 0.527. The van der Waals surface area contributed by atoms with Gasteiger partial charge in [0.1, 0.15) is 5.82 Å². The van der Waals surface area contributed by atoms with Gasteiger partial charge in [0.05, 0.1) is 11.1 Å². The molecular weight excluding hydrogens is 467 g/mol. The predicted molar refractivity (Wildman–Crippen MR) is 121 cm³/mol. The van der Waals surface area contributed by atoms with Gasteiger partial charge in [-0.05, 0) is 61.6 Å². The zero-order valence-corrected chi connectivity index (χ0v) is 18.7. The highest BCUT2D eigenvalue weighted by Gasteiger charge is 2.50. The minimum absolute atomic E-state index is 0.135. The summed E-state index contributed by atoms with van der Waals surface area (Å²) >= 11 is 6.24. The average Bonchev–Trinajstić information content (AvgIpc) is 3.62. The molecule has 0 radical (unpaired) electrons. The van der Waals surface area contributed by atoms with Crippen LogP contribution in [0.3, 0.4) is 0 Å². The Hall–Kier alpha value is -3.20. The Morgan fingerprint density at radius 3 is 2.62 bits per heavy atom. The molecule has 2 aromatic heterocycles. The molecule has 5 rings (SSSR count). The number of amides is 1. The molecule has 1 amide bonds. The normalized spacial score (nSPS) is 21.6. The molecule has 1 N–H and O–H groups in total. The topological polar surface area (TPSA) is 71.0 Å². The van der Waals surface area contributed by atoms with Crippen molar-refractivity contribution >= 4 is 23.3 Å². The first-order chi connectivity index (χ1) is 16.3. The Labute approximate surface area is 199 Å². The Morgan fingerprint density at radius 1 is 1.12 bits per heavy atom. The molecule has 176 valence electrons. The first-order valence-electron chi connectivity index (χ1n) is 11.0. The van der Waals surface area contributed by atoms with Crippen LogP contribution in [0, 0.1) is 5.92 Å². The van der Waals surface area contributed by atoms with Crippen LogP contribution in [-0.4, -0.2) is 44.4 Å². The van der Waals surface area contributed by atoms with Crippen LogP contribution in [0.5, 0.6) is 0 Å². The number of hydrogen-bond donors (Lipinski definition) is 1. The van der Waals surface area contributed by atoms with Crippen molar-refractivity contribution in [1.82, 2.24) is 19.9 Å². The number of piperidine rings is 1. The van der Waals surface area contributed by atoms with Crippen molar-refractivity contribution < 1.29 is 18.0 Å². The number of anilines is 1. The molecule has 10 heteroatoms. The Morgan fingerprint density at radius 2 is 1.91 bits per heavy atom. The van der Waals surface area contributed by atoms with Gasteiger partial charge in [-0.15, -0.1) is 0 Å². The molecule has 2 fully saturated rings. The van der Waals surface area contributed by atoms with Crippen LogP contribution in [0.1, 0.15) is 35.2 Å². The summed E-state index contributed by atoms with van der Waals surface area (Å²) in [6.45, 7) is 0.380. The van der Waals surface area contributed by atoms with E-state index in [1.54, 1.807) is 36.7 Å². The molecule has 3 unspecified atom stereocenters. The molecule has 0 bridgehead atoms. The molecule has 1 saturated heterocycles. The second kappa shape index (κ2) is 8.87. The summed E-state index contributed by atoms with van der Waals surface area (Å²) in [5.74, 6) is 1.10. The number of likely N-dealkylation sites (tertiary alicyclic amines) is 1. The first kappa shape index (κ1) is 22.6. The number of rotatable bonds is 5. The van der Waals surface area contributed by atoms with E-state index in [9.17, 15) is 18.0 Å². The number of carbonyl (C=O) groups is 1. The number of fused-ring (bicyclic) bond motifs is 1. The van der Waals surface area contributed by atoms with Gasteiger partial charge >= 0.3 is 6.18 Å². The molecule has 1 aliphatic carbocycles. The third-order valence-electron chi connectivity index (χ3n) is 6.37. The van der Waals surface area contributed by atoms with Gasteiger partial charge in [0.15, 0.2) is 5.82 Å². The van der Waals surface area contributed by atoms with Crippen LogP contribution in [0.25, 0.3) is 11.4 Å². The van der Waals surface area contributed by atoms with E-state index in [-0.39, 0.29) is 18.0 Å². The summed E-state index contributed by atoms with van der Waals surface area (Å²) in [5, 5.41) is 3.54. The summed E-state index contributed by atoms with van der Waals surface area (Å²) in [7, 11) is 0. The lowest BCUT2D eigenvalue weighted by atomic mass is 9.98. The van der Waals surface area contributed by atoms with Gasteiger partial charge in [-0.1, -0.05) is 11.6 Å². The molecule has 6 nitrogen and oxygen atoms in total. The lowest BCUT2D eigenvalue weighted by molar-refractivity contribution is -0.137. The Kier molecular flexibility index (Phi) is 5.89. The molecule has 3 aromatic rings. The van der Waals surface area contributed by atoms with E-state index in [0.29, 0.717) is 40.3 Å². The van der Waals surface area contributed by atoms with Crippen LogP contribution in [-0.2, 0) is 6.18 Å². The van der Waals surface area contributed by atoms with E-state index < -0.39 is 11.7 Å². The van der Waals surface area contributed by atoms with Crippen LogP contribution >= 0.6 is 11.6 Å². The molecule has 1 saturated carbocycles. The van der Waals surface area contributed by atoms with Crippen molar-refractivity contribution in [2.45, 2.75) is 37.5 Å². The highest BCUT2D eigenvalue weighted by atomic mass is 35.5. The maximum atomic E-state index is 13.8. The third kappa shape index (κ3) is 4.57. The number of pyridine rings is 1. The van der Waals surface area contributed by atoms with Gasteiger partial charge < -0.3 is 10.2 Å². The van der Waals surface area contributed by atoms with E-state index in [1.807, 2.05) is 4.90 Å². The highest BCUT2D eigenvalue weighted by molar-refractivity contribution is 6.31. The zero-order chi connectivity index (χ0) is 23.9. The molecule has 0 spiro atoms. The second-order valence-corrected chi connectivity index (χ2v) is 9.02. The van der Waals surface area contributed by atoms with Crippen molar-refractivity contribution in [2.75, 3.05) is 11.9 Å². The summed E-state index contributed by atoms with van der Waals surface area (Å²) in [6, 6.07) is 9.10. The first-order valence-corrected chi connectivity index (χ1v) is 11.4. The standard InChI is InChI=1S/C24H21ClF3N5O/c25-16-4-6-18(22-29-8-1-9-30-22)19(11-16)23(34)33-17(5-2-14-10-20(14)33)13-32-21-7-3-15(12-31-21)24(26,27)28/h1,3-4,6-9,11-12,14,17,20H,2,5,10,13H2,(H,31,32). The van der Waals surface area contributed by atoms with Gasteiger partial charge in [0.2, 0.25) is 0 Å². The van der Waals surface area contributed by atoms with Crippen LogP contribution in [0.4, 0.5) is 19.0 Å². The fraction of sp³-hybridized carbons (Fsp3) is 0.333. The van der Waals surface area contributed by atoms with E-state index in [0.717, 1.165) is 31.5 Å². The summed E-state index contributed by atoms with van der Waals surface area (Å²) in [6.07, 6.45) is 2.35. The highest BCUT2D eigenvalue weighted by Crippen LogP contribution is 2.46. The molecule has 3 atom stereocenters. The summed E-state index contributed by atoms with van der Waals surface area (Å²) in [5.41, 5.74) is 0.239. The molecule has 1 aromatic carbocycles. The fourth-order valence-corrected chi connectivity index (χ4v) is 4.74. The van der Waals surface area contributed by atoms with Crippen LogP contribution in [0.15, 0.2) is 55.0 Å².